The van der Waals surface area contributed by atoms with E-state index in [2.05, 4.69) is 19.6 Å². The van der Waals surface area contributed by atoms with Gasteiger partial charge in [0.2, 0.25) is 0 Å². The molecule has 0 bridgehead atoms. The Balaban J connectivity index is 1.99. The van der Waals surface area contributed by atoms with Gasteiger partial charge in [-0.25, -0.2) is 0 Å². The zero-order valence-electron chi connectivity index (χ0n) is 16.6. The number of unbranched alkanes of at least 4 members (excludes halogenated alkanes) is 12. The summed E-state index contributed by atoms with van der Waals surface area (Å²) in [5.74, 6) is 0.423. The highest BCUT2D eigenvalue weighted by atomic mass is 16.3. The van der Waals surface area contributed by atoms with Crippen LogP contribution >= 0.6 is 0 Å². The predicted octanol–water partition coefficient (Wildman–Crippen LogP) is 7.75. The van der Waals surface area contributed by atoms with Gasteiger partial charge in [-0.15, -0.1) is 6.58 Å². The van der Waals surface area contributed by atoms with Crippen molar-refractivity contribution in [2.75, 3.05) is 0 Å². The largest absolute Gasteiger partial charge is 0.508 e. The highest BCUT2D eigenvalue weighted by Crippen LogP contribution is 2.24. The number of hydrogen-bond acceptors (Lipinski definition) is 1. The first-order valence-corrected chi connectivity index (χ1v) is 10.7. The Hall–Kier alpha value is -1.24. The Morgan fingerprint density at radius 2 is 1.32 bits per heavy atom. The molecule has 0 aliphatic heterocycles. The minimum Gasteiger partial charge on any atom is -0.508 e. The molecule has 1 rings (SSSR count). The van der Waals surface area contributed by atoms with Crippen molar-refractivity contribution in [1.82, 2.24) is 0 Å². The molecule has 0 saturated heterocycles. The molecule has 0 radical (unpaired) electrons. The maximum absolute atomic E-state index is 9.98. The number of phenolic OH excluding ortho intramolecular Hbond substituents is 1. The van der Waals surface area contributed by atoms with Gasteiger partial charge in [0.1, 0.15) is 5.75 Å². The van der Waals surface area contributed by atoms with Gasteiger partial charge in [0.25, 0.3) is 0 Å². The number of rotatable bonds is 16. The molecule has 0 aliphatic carbocycles. The van der Waals surface area contributed by atoms with Crippen LogP contribution in [0.15, 0.2) is 30.9 Å². The average molecular weight is 345 g/mol. The third kappa shape index (κ3) is 10.4. The molecule has 0 atom stereocenters. The molecular formula is C24H40O. The Bertz CT molecular complexity index is 449. The lowest BCUT2D eigenvalue weighted by atomic mass is 9.97. The van der Waals surface area contributed by atoms with Crippen molar-refractivity contribution in [1.29, 1.82) is 0 Å². The van der Waals surface area contributed by atoms with Crippen LogP contribution in [0.1, 0.15) is 102 Å². The molecular weight excluding hydrogens is 304 g/mol. The number of phenols is 1. The minimum atomic E-state index is 0.423. The normalized spacial score (nSPS) is 10.9. The third-order valence-electron chi connectivity index (χ3n) is 5.15. The van der Waals surface area contributed by atoms with E-state index in [0.29, 0.717) is 5.75 Å². The van der Waals surface area contributed by atoms with E-state index in [-0.39, 0.29) is 0 Å². The summed E-state index contributed by atoms with van der Waals surface area (Å²) in [6, 6.07) is 5.89. The van der Waals surface area contributed by atoms with Crippen LogP contribution in [0.3, 0.4) is 0 Å². The average Bonchev–Trinajstić information content (AvgIpc) is 2.61. The fourth-order valence-corrected chi connectivity index (χ4v) is 3.57. The molecule has 1 aromatic rings. The van der Waals surface area contributed by atoms with Crippen molar-refractivity contribution in [3.05, 3.63) is 42.0 Å². The second kappa shape index (κ2) is 15.0. The summed E-state index contributed by atoms with van der Waals surface area (Å²) in [5.41, 5.74) is 2.36. The monoisotopic (exact) mass is 344 g/mol. The summed E-state index contributed by atoms with van der Waals surface area (Å²) in [4.78, 5) is 0. The molecule has 0 spiro atoms. The Kier molecular flexibility index (Phi) is 13.1. The Morgan fingerprint density at radius 3 is 1.84 bits per heavy atom. The molecule has 0 saturated carbocycles. The van der Waals surface area contributed by atoms with Crippen molar-refractivity contribution < 1.29 is 5.11 Å². The van der Waals surface area contributed by atoms with Gasteiger partial charge in [-0.2, -0.15) is 0 Å². The summed E-state index contributed by atoms with van der Waals surface area (Å²) in [6.45, 7) is 6.08. The Morgan fingerprint density at radius 1 is 0.800 bits per heavy atom. The predicted molar refractivity (Wildman–Crippen MR) is 111 cm³/mol. The number of benzene rings is 1. The number of aromatic hydroxyl groups is 1. The molecule has 1 aromatic carbocycles. The van der Waals surface area contributed by atoms with Crippen LogP contribution in [0.5, 0.6) is 5.75 Å². The van der Waals surface area contributed by atoms with Crippen molar-refractivity contribution in [2.45, 2.75) is 103 Å². The van der Waals surface area contributed by atoms with Gasteiger partial charge in [0.15, 0.2) is 0 Å². The van der Waals surface area contributed by atoms with Crippen molar-refractivity contribution in [3.8, 4) is 5.75 Å². The zero-order valence-corrected chi connectivity index (χ0v) is 16.6. The van der Waals surface area contributed by atoms with Crippen LogP contribution in [-0.4, -0.2) is 5.11 Å². The van der Waals surface area contributed by atoms with E-state index in [1.165, 1.54) is 89.0 Å². The molecule has 0 amide bonds. The first-order valence-electron chi connectivity index (χ1n) is 10.7. The van der Waals surface area contributed by atoms with Crippen molar-refractivity contribution in [3.63, 3.8) is 0 Å². The molecule has 1 heteroatoms. The van der Waals surface area contributed by atoms with Gasteiger partial charge in [-0.05, 0) is 30.9 Å². The number of hydrogen-bond donors (Lipinski definition) is 1. The van der Waals surface area contributed by atoms with Gasteiger partial charge in [-0.3, -0.25) is 0 Å². The smallest absolute Gasteiger partial charge is 0.119 e. The van der Waals surface area contributed by atoms with Crippen LogP contribution in [0.25, 0.3) is 0 Å². The molecule has 0 heterocycles. The molecule has 1 nitrogen and oxygen atoms in total. The van der Waals surface area contributed by atoms with Gasteiger partial charge >= 0.3 is 0 Å². The van der Waals surface area contributed by atoms with Crippen molar-refractivity contribution in [2.24, 2.45) is 0 Å². The molecule has 0 fully saturated rings. The lowest BCUT2D eigenvalue weighted by Gasteiger charge is -2.10. The summed E-state index contributed by atoms with van der Waals surface area (Å²) in [5, 5.41) is 9.98. The van der Waals surface area contributed by atoms with E-state index >= 15 is 0 Å². The van der Waals surface area contributed by atoms with Crippen molar-refractivity contribution >= 4 is 0 Å². The van der Waals surface area contributed by atoms with Crippen LogP contribution in [-0.2, 0) is 12.8 Å². The minimum absolute atomic E-state index is 0.423. The Labute approximate surface area is 156 Å². The second-order valence-corrected chi connectivity index (χ2v) is 7.40. The third-order valence-corrected chi connectivity index (χ3v) is 5.15. The molecule has 0 unspecified atom stereocenters. The lowest BCUT2D eigenvalue weighted by Crippen LogP contribution is -1.94. The quantitative estimate of drug-likeness (QED) is 0.240. The summed E-state index contributed by atoms with van der Waals surface area (Å²) >= 11 is 0. The number of aryl methyl sites for hydroxylation is 1. The molecule has 0 aromatic heterocycles. The van der Waals surface area contributed by atoms with E-state index < -0.39 is 0 Å². The summed E-state index contributed by atoms with van der Waals surface area (Å²) in [6.07, 6.45) is 21.8. The van der Waals surface area contributed by atoms with Gasteiger partial charge in [0.05, 0.1) is 0 Å². The standard InChI is InChI=1S/C24H40O/c1-3-5-6-7-8-9-10-11-12-13-14-15-16-19-22-20-17-21-24(25)23(22)18-4-2/h4,17,20-21,25H,2-3,5-16,18-19H2,1H3. The van der Waals surface area contributed by atoms with Crippen LogP contribution < -0.4 is 0 Å². The van der Waals surface area contributed by atoms with Crippen LogP contribution in [0, 0.1) is 0 Å². The SMILES string of the molecule is C=CCc1c(O)cccc1CCCCCCCCCCCCCCC. The second-order valence-electron chi connectivity index (χ2n) is 7.40. The highest BCUT2D eigenvalue weighted by Gasteiger charge is 2.05. The lowest BCUT2D eigenvalue weighted by molar-refractivity contribution is 0.468. The zero-order chi connectivity index (χ0) is 18.2. The topological polar surface area (TPSA) is 20.2 Å². The van der Waals surface area contributed by atoms with Gasteiger partial charge in [-0.1, -0.05) is 102 Å². The van der Waals surface area contributed by atoms with Crippen LogP contribution in [0.4, 0.5) is 0 Å². The van der Waals surface area contributed by atoms with E-state index in [1.54, 1.807) is 6.07 Å². The van der Waals surface area contributed by atoms with E-state index in [4.69, 9.17) is 0 Å². The van der Waals surface area contributed by atoms with Gasteiger partial charge in [0, 0.05) is 5.56 Å². The summed E-state index contributed by atoms with van der Waals surface area (Å²) < 4.78 is 0. The number of allylic oxidation sites excluding steroid dienone is 1. The van der Waals surface area contributed by atoms with E-state index in [9.17, 15) is 5.11 Å². The first-order chi connectivity index (χ1) is 12.3. The van der Waals surface area contributed by atoms with Gasteiger partial charge < -0.3 is 5.11 Å². The maximum Gasteiger partial charge on any atom is 0.119 e. The molecule has 1 N–H and O–H groups in total. The fourth-order valence-electron chi connectivity index (χ4n) is 3.57. The van der Waals surface area contributed by atoms with E-state index in [0.717, 1.165) is 18.4 Å². The van der Waals surface area contributed by atoms with E-state index in [1.807, 2.05) is 12.1 Å². The summed E-state index contributed by atoms with van der Waals surface area (Å²) in [7, 11) is 0. The maximum atomic E-state index is 9.98. The highest BCUT2D eigenvalue weighted by molar-refractivity contribution is 5.40. The molecule has 0 aliphatic rings. The molecule has 25 heavy (non-hydrogen) atoms. The van der Waals surface area contributed by atoms with Crippen LogP contribution in [0.2, 0.25) is 0 Å². The first kappa shape index (κ1) is 21.8. The molecule has 142 valence electrons. The fraction of sp³-hybridized carbons (Fsp3) is 0.667.